The van der Waals surface area contributed by atoms with Crippen molar-refractivity contribution >= 4 is 23.3 Å². The monoisotopic (exact) mass is 450 g/mol. The van der Waals surface area contributed by atoms with Crippen molar-refractivity contribution in [3.8, 4) is 5.75 Å². The molecule has 170 valence electrons. The van der Waals surface area contributed by atoms with E-state index < -0.39 is 36.5 Å². The summed E-state index contributed by atoms with van der Waals surface area (Å²) in [5.41, 5.74) is 1.15. The van der Waals surface area contributed by atoms with Crippen molar-refractivity contribution in [2.45, 2.75) is 18.6 Å². The van der Waals surface area contributed by atoms with Crippen molar-refractivity contribution in [3.63, 3.8) is 0 Å². The van der Waals surface area contributed by atoms with Crippen LogP contribution in [0.1, 0.15) is 5.56 Å². The van der Waals surface area contributed by atoms with Crippen LogP contribution in [0, 0.1) is 0 Å². The fraction of sp³-hybridized carbons (Fsp3) is 0.227. The number of ketones is 1. The number of carbonyl (C=O) groups excluding carboxylic acids is 3. The van der Waals surface area contributed by atoms with Gasteiger partial charge < -0.3 is 20.1 Å². The third-order valence-electron chi connectivity index (χ3n) is 4.10. The average Bonchev–Trinajstić information content (AvgIpc) is 2.77. The van der Waals surface area contributed by atoms with Crippen LogP contribution in [0.5, 0.6) is 5.75 Å². The van der Waals surface area contributed by atoms with Crippen molar-refractivity contribution in [1.29, 1.82) is 0 Å². The Labute approximate surface area is 182 Å². The molecule has 10 heteroatoms. The number of allylic oxidation sites excluding steroid dienone is 1. The molecular weight excluding hydrogens is 429 g/mol. The molecule has 0 aliphatic rings. The van der Waals surface area contributed by atoms with Gasteiger partial charge in [0, 0.05) is 24.4 Å². The van der Waals surface area contributed by atoms with Crippen LogP contribution >= 0.6 is 0 Å². The van der Waals surface area contributed by atoms with E-state index >= 15 is 0 Å². The van der Waals surface area contributed by atoms with Crippen molar-refractivity contribution in [2.24, 2.45) is 0 Å². The topological polar surface area (TPSA) is 93.7 Å². The summed E-state index contributed by atoms with van der Waals surface area (Å²) >= 11 is 0. The molecule has 0 fully saturated rings. The summed E-state index contributed by atoms with van der Waals surface area (Å²) in [6, 6.07) is 14.0. The summed E-state index contributed by atoms with van der Waals surface area (Å²) in [5, 5.41) is 4.97. The molecule has 0 aliphatic heterocycles. The standard InChI is InChI=1S/C22H21F3N2O5/c1-31-17-9-7-16(8-10-17)27-20(29)14-32-21(30)18(13-15-5-3-2-4-6-15)26-12-11-19(28)22(23,24)25/h2-12,18,26H,13-14H2,1H3,(H,27,29). The molecule has 1 amide bonds. The molecule has 1 unspecified atom stereocenters. The highest BCUT2D eigenvalue weighted by atomic mass is 19.4. The number of alkyl halides is 3. The van der Waals surface area contributed by atoms with Gasteiger partial charge in [0.1, 0.15) is 11.8 Å². The predicted molar refractivity (Wildman–Crippen MR) is 110 cm³/mol. The molecule has 2 aromatic carbocycles. The van der Waals surface area contributed by atoms with Gasteiger partial charge in [-0.15, -0.1) is 0 Å². The number of halogens is 3. The van der Waals surface area contributed by atoms with Crippen LogP contribution in [0.2, 0.25) is 0 Å². The zero-order valence-electron chi connectivity index (χ0n) is 17.0. The first kappa shape index (κ1) is 24.4. The molecule has 0 aliphatic carbocycles. The van der Waals surface area contributed by atoms with Crippen molar-refractivity contribution in [1.82, 2.24) is 5.32 Å². The number of hydrogen-bond donors (Lipinski definition) is 2. The quantitative estimate of drug-likeness (QED) is 0.427. The number of carbonyl (C=O) groups is 3. The molecule has 0 saturated carbocycles. The molecule has 0 bridgehead atoms. The van der Waals surface area contributed by atoms with E-state index in [9.17, 15) is 27.6 Å². The van der Waals surface area contributed by atoms with Gasteiger partial charge in [0.05, 0.1) is 7.11 Å². The van der Waals surface area contributed by atoms with Crippen molar-refractivity contribution in [3.05, 3.63) is 72.4 Å². The number of anilines is 1. The lowest BCUT2D eigenvalue weighted by atomic mass is 10.1. The number of amides is 1. The fourth-order valence-electron chi connectivity index (χ4n) is 2.50. The Kier molecular flexibility index (Phi) is 8.82. The normalized spacial score (nSPS) is 12.1. The Hall–Kier alpha value is -3.82. The second-order valence-electron chi connectivity index (χ2n) is 6.49. The van der Waals surface area contributed by atoms with Crippen LogP contribution in [0.3, 0.4) is 0 Å². The maximum atomic E-state index is 12.4. The molecule has 2 aromatic rings. The first-order chi connectivity index (χ1) is 15.2. The minimum absolute atomic E-state index is 0.0598. The summed E-state index contributed by atoms with van der Waals surface area (Å²) in [5.74, 6) is -2.95. The highest BCUT2D eigenvalue weighted by molar-refractivity contribution is 5.94. The molecule has 7 nitrogen and oxygen atoms in total. The summed E-state index contributed by atoms with van der Waals surface area (Å²) in [6.07, 6.45) is -3.94. The van der Waals surface area contributed by atoms with E-state index in [4.69, 9.17) is 9.47 Å². The van der Waals surface area contributed by atoms with E-state index in [2.05, 4.69) is 10.6 Å². The van der Waals surface area contributed by atoms with E-state index in [0.717, 1.165) is 6.20 Å². The van der Waals surface area contributed by atoms with Gasteiger partial charge in [-0.3, -0.25) is 9.59 Å². The molecular formula is C22H21F3N2O5. The Morgan fingerprint density at radius 1 is 1.03 bits per heavy atom. The minimum atomic E-state index is -5.02. The van der Waals surface area contributed by atoms with Gasteiger partial charge in [0.2, 0.25) is 0 Å². The van der Waals surface area contributed by atoms with Gasteiger partial charge in [0.25, 0.3) is 11.7 Å². The van der Waals surface area contributed by atoms with Gasteiger partial charge in [-0.25, -0.2) is 4.79 Å². The van der Waals surface area contributed by atoms with Gasteiger partial charge in [-0.05, 0) is 29.8 Å². The molecule has 1 atom stereocenters. The predicted octanol–water partition coefficient (Wildman–Crippen LogP) is 3.02. The van der Waals surface area contributed by atoms with Crippen LogP contribution in [0.4, 0.5) is 18.9 Å². The number of esters is 1. The zero-order valence-corrected chi connectivity index (χ0v) is 17.0. The van der Waals surface area contributed by atoms with E-state index in [-0.39, 0.29) is 12.5 Å². The molecule has 0 aromatic heterocycles. The van der Waals surface area contributed by atoms with Gasteiger partial charge in [-0.1, -0.05) is 30.3 Å². The second-order valence-corrected chi connectivity index (χ2v) is 6.49. The number of nitrogens with one attached hydrogen (secondary N) is 2. The lowest BCUT2D eigenvalue weighted by Crippen LogP contribution is -2.38. The summed E-state index contributed by atoms with van der Waals surface area (Å²) in [7, 11) is 1.50. The molecule has 0 saturated heterocycles. The molecule has 32 heavy (non-hydrogen) atoms. The van der Waals surface area contributed by atoms with Gasteiger partial charge >= 0.3 is 12.1 Å². The smallest absolute Gasteiger partial charge is 0.454 e. The number of benzene rings is 2. The fourth-order valence-corrected chi connectivity index (χ4v) is 2.50. The van der Waals surface area contributed by atoms with E-state index in [0.29, 0.717) is 17.0 Å². The highest BCUT2D eigenvalue weighted by Gasteiger charge is 2.36. The number of rotatable bonds is 10. The van der Waals surface area contributed by atoms with Crippen molar-refractivity contribution < 1.29 is 37.0 Å². The summed E-state index contributed by atoms with van der Waals surface area (Å²) < 4.78 is 47.0. The molecule has 2 rings (SSSR count). The Balaban J connectivity index is 1.97. The van der Waals surface area contributed by atoms with Crippen LogP contribution in [0.15, 0.2) is 66.9 Å². The lowest BCUT2D eigenvalue weighted by molar-refractivity contribution is -0.165. The number of methoxy groups -OCH3 is 1. The molecule has 0 radical (unpaired) electrons. The third-order valence-corrected chi connectivity index (χ3v) is 4.10. The van der Waals surface area contributed by atoms with Crippen LogP contribution in [0.25, 0.3) is 0 Å². The van der Waals surface area contributed by atoms with E-state index in [1.807, 2.05) is 0 Å². The second kappa shape index (κ2) is 11.5. The first-order valence-corrected chi connectivity index (χ1v) is 9.37. The molecule has 2 N–H and O–H groups in total. The van der Waals surface area contributed by atoms with E-state index in [1.165, 1.54) is 7.11 Å². The number of hydrogen-bond acceptors (Lipinski definition) is 6. The van der Waals surface area contributed by atoms with Crippen LogP contribution < -0.4 is 15.4 Å². The highest BCUT2D eigenvalue weighted by Crippen LogP contribution is 2.16. The maximum absolute atomic E-state index is 12.4. The summed E-state index contributed by atoms with van der Waals surface area (Å²) in [4.78, 5) is 35.5. The van der Waals surface area contributed by atoms with E-state index in [1.54, 1.807) is 54.6 Å². The minimum Gasteiger partial charge on any atom is -0.497 e. The van der Waals surface area contributed by atoms with Gasteiger partial charge in [0.15, 0.2) is 6.61 Å². The third kappa shape index (κ3) is 8.13. The number of ether oxygens (including phenoxy) is 2. The van der Waals surface area contributed by atoms with Crippen LogP contribution in [-0.2, 0) is 25.5 Å². The zero-order chi connectivity index (χ0) is 23.6. The lowest BCUT2D eigenvalue weighted by Gasteiger charge is -2.16. The van der Waals surface area contributed by atoms with Crippen molar-refractivity contribution in [2.75, 3.05) is 19.0 Å². The maximum Gasteiger partial charge on any atom is 0.454 e. The largest absolute Gasteiger partial charge is 0.497 e. The Morgan fingerprint density at radius 3 is 2.28 bits per heavy atom. The summed E-state index contributed by atoms with van der Waals surface area (Å²) in [6.45, 7) is -0.608. The van der Waals surface area contributed by atoms with Crippen LogP contribution in [-0.4, -0.2) is 43.6 Å². The molecule has 0 heterocycles. The first-order valence-electron chi connectivity index (χ1n) is 9.37. The van der Waals surface area contributed by atoms with Gasteiger partial charge in [-0.2, -0.15) is 13.2 Å². The molecule has 0 spiro atoms. The SMILES string of the molecule is COc1ccc(NC(=O)COC(=O)C(Cc2ccccc2)NC=CC(=O)C(F)(F)F)cc1. The average molecular weight is 450 g/mol. The Bertz CT molecular complexity index is 944. The Morgan fingerprint density at radius 2 is 1.69 bits per heavy atom.